The molecule has 0 heterocycles. The van der Waals surface area contributed by atoms with Crippen LogP contribution in [0.5, 0.6) is 0 Å². The lowest BCUT2D eigenvalue weighted by molar-refractivity contribution is 0.201. The molecule has 3 heteroatoms. The molecule has 1 rings (SSSR count). The second-order valence-electron chi connectivity index (χ2n) is 5.95. The summed E-state index contributed by atoms with van der Waals surface area (Å²) in [5.74, 6) is 0. The van der Waals surface area contributed by atoms with Crippen LogP contribution in [0.2, 0.25) is 0 Å². The van der Waals surface area contributed by atoms with E-state index in [1.807, 2.05) is 30.3 Å². The number of hydrogen-bond donors (Lipinski definition) is 1. The average molecular weight is 305 g/mol. The summed E-state index contributed by atoms with van der Waals surface area (Å²) < 4.78 is 0. The number of benzene rings is 1. The summed E-state index contributed by atoms with van der Waals surface area (Å²) in [6, 6.07) is 9.37. The minimum atomic E-state index is -0.859. The predicted octanol–water partition coefficient (Wildman–Crippen LogP) is 6.09. The minimum absolute atomic E-state index is 0.593. The normalized spacial score (nSPS) is 10.6. The predicted molar refractivity (Wildman–Crippen MR) is 93.7 cm³/mol. The Bertz CT molecular complexity index is 392. The zero-order valence-electron chi connectivity index (χ0n) is 14.0. The lowest BCUT2D eigenvalue weighted by Gasteiger charge is -2.19. The number of hydrogen-bond acceptors (Lipinski definition) is 1. The van der Waals surface area contributed by atoms with Crippen LogP contribution in [-0.2, 0) is 0 Å². The van der Waals surface area contributed by atoms with E-state index in [1.165, 1.54) is 56.3 Å². The number of rotatable bonds is 12. The summed E-state index contributed by atoms with van der Waals surface area (Å²) >= 11 is 0. The number of amides is 1. The van der Waals surface area contributed by atoms with Crippen LogP contribution in [0.4, 0.5) is 10.5 Å². The van der Waals surface area contributed by atoms with Crippen LogP contribution in [-0.4, -0.2) is 17.7 Å². The van der Waals surface area contributed by atoms with Crippen molar-refractivity contribution in [1.29, 1.82) is 0 Å². The molecule has 0 aliphatic heterocycles. The highest BCUT2D eigenvalue weighted by Crippen LogP contribution is 2.15. The second kappa shape index (κ2) is 12.1. The molecule has 0 aliphatic carbocycles. The molecule has 0 bridgehead atoms. The Hall–Kier alpha value is -1.51. The average Bonchev–Trinajstić information content (AvgIpc) is 2.53. The van der Waals surface area contributed by atoms with Crippen molar-refractivity contribution in [3.63, 3.8) is 0 Å². The van der Waals surface area contributed by atoms with Crippen LogP contribution < -0.4 is 4.90 Å². The second-order valence-corrected chi connectivity index (χ2v) is 5.95. The molecule has 1 aromatic rings. The fourth-order valence-electron chi connectivity index (χ4n) is 2.70. The third-order valence-electron chi connectivity index (χ3n) is 4.03. The van der Waals surface area contributed by atoms with Crippen molar-refractivity contribution in [2.45, 2.75) is 71.1 Å². The molecule has 0 unspecified atom stereocenters. The molecule has 0 saturated heterocycles. The topological polar surface area (TPSA) is 40.5 Å². The van der Waals surface area contributed by atoms with E-state index in [0.29, 0.717) is 6.54 Å². The third-order valence-corrected chi connectivity index (χ3v) is 4.03. The quantitative estimate of drug-likeness (QED) is 0.474. The molecule has 0 aromatic heterocycles. The Balaban J connectivity index is 2.08. The first kappa shape index (κ1) is 18.5. The van der Waals surface area contributed by atoms with E-state index in [0.717, 1.165) is 18.5 Å². The fraction of sp³-hybridized carbons (Fsp3) is 0.632. The number of para-hydroxylation sites is 1. The lowest BCUT2D eigenvalue weighted by atomic mass is 10.1. The van der Waals surface area contributed by atoms with Gasteiger partial charge in [-0.3, -0.25) is 4.90 Å². The number of anilines is 1. The van der Waals surface area contributed by atoms with Crippen molar-refractivity contribution in [2.24, 2.45) is 0 Å². The minimum Gasteiger partial charge on any atom is -0.465 e. The highest BCUT2D eigenvalue weighted by molar-refractivity contribution is 5.85. The summed E-state index contributed by atoms with van der Waals surface area (Å²) in [4.78, 5) is 12.8. The molecule has 0 saturated carbocycles. The summed E-state index contributed by atoms with van der Waals surface area (Å²) in [7, 11) is 0. The Morgan fingerprint density at radius 3 is 1.86 bits per heavy atom. The molecule has 1 amide bonds. The SMILES string of the molecule is CCCCCCCCCCCCN(C(=O)O)c1ccccc1. The molecule has 0 spiro atoms. The molecule has 22 heavy (non-hydrogen) atoms. The van der Waals surface area contributed by atoms with Gasteiger partial charge in [0, 0.05) is 12.2 Å². The van der Waals surface area contributed by atoms with Crippen molar-refractivity contribution in [3.05, 3.63) is 30.3 Å². The van der Waals surface area contributed by atoms with Gasteiger partial charge in [0.2, 0.25) is 0 Å². The van der Waals surface area contributed by atoms with Crippen LogP contribution in [0.15, 0.2) is 30.3 Å². The smallest absolute Gasteiger partial charge is 0.411 e. The maximum Gasteiger partial charge on any atom is 0.411 e. The van der Waals surface area contributed by atoms with Crippen LogP contribution in [0.25, 0.3) is 0 Å². The van der Waals surface area contributed by atoms with Gasteiger partial charge in [-0.2, -0.15) is 0 Å². The maximum atomic E-state index is 11.3. The highest BCUT2D eigenvalue weighted by atomic mass is 16.4. The van der Waals surface area contributed by atoms with Gasteiger partial charge in [-0.15, -0.1) is 0 Å². The van der Waals surface area contributed by atoms with Crippen LogP contribution >= 0.6 is 0 Å². The number of carboxylic acid groups (broad SMARTS) is 1. The van der Waals surface area contributed by atoms with Crippen molar-refractivity contribution < 1.29 is 9.90 Å². The van der Waals surface area contributed by atoms with E-state index in [-0.39, 0.29) is 0 Å². The number of unbranched alkanes of at least 4 members (excludes halogenated alkanes) is 9. The maximum absolute atomic E-state index is 11.3. The van der Waals surface area contributed by atoms with E-state index >= 15 is 0 Å². The number of nitrogens with zero attached hydrogens (tertiary/aromatic N) is 1. The van der Waals surface area contributed by atoms with Gasteiger partial charge in [-0.25, -0.2) is 4.79 Å². The van der Waals surface area contributed by atoms with Gasteiger partial charge in [-0.05, 0) is 18.6 Å². The molecule has 0 atom stereocenters. The summed E-state index contributed by atoms with van der Waals surface area (Å²) in [6.07, 6.45) is 11.8. The van der Waals surface area contributed by atoms with E-state index in [4.69, 9.17) is 0 Å². The third kappa shape index (κ3) is 8.06. The van der Waals surface area contributed by atoms with Crippen LogP contribution in [0, 0.1) is 0 Å². The number of carbonyl (C=O) groups is 1. The fourth-order valence-corrected chi connectivity index (χ4v) is 2.70. The largest absolute Gasteiger partial charge is 0.465 e. The van der Waals surface area contributed by atoms with Crippen molar-refractivity contribution in [3.8, 4) is 0 Å². The van der Waals surface area contributed by atoms with Gasteiger partial charge in [0.25, 0.3) is 0 Å². The van der Waals surface area contributed by atoms with Crippen molar-refractivity contribution in [2.75, 3.05) is 11.4 Å². The summed E-state index contributed by atoms with van der Waals surface area (Å²) in [5.41, 5.74) is 0.769. The summed E-state index contributed by atoms with van der Waals surface area (Å²) in [6.45, 7) is 2.84. The van der Waals surface area contributed by atoms with Gasteiger partial charge in [0.05, 0.1) is 0 Å². The Morgan fingerprint density at radius 1 is 0.864 bits per heavy atom. The van der Waals surface area contributed by atoms with Gasteiger partial charge < -0.3 is 5.11 Å². The monoisotopic (exact) mass is 305 g/mol. The van der Waals surface area contributed by atoms with Crippen molar-refractivity contribution in [1.82, 2.24) is 0 Å². The Labute approximate surface area is 135 Å². The van der Waals surface area contributed by atoms with E-state index < -0.39 is 6.09 Å². The Morgan fingerprint density at radius 2 is 1.36 bits per heavy atom. The van der Waals surface area contributed by atoms with Crippen molar-refractivity contribution >= 4 is 11.8 Å². The standard InChI is InChI=1S/C19H31NO2/c1-2-3-4-5-6-7-8-9-10-14-17-20(19(21)22)18-15-12-11-13-16-18/h11-13,15-16H,2-10,14,17H2,1H3,(H,21,22). The molecular formula is C19H31NO2. The molecule has 0 aliphatic rings. The first-order valence-electron chi connectivity index (χ1n) is 8.81. The zero-order chi connectivity index (χ0) is 16.0. The lowest BCUT2D eigenvalue weighted by Crippen LogP contribution is -2.30. The van der Waals surface area contributed by atoms with E-state index in [9.17, 15) is 9.90 Å². The van der Waals surface area contributed by atoms with Crippen LogP contribution in [0.3, 0.4) is 0 Å². The van der Waals surface area contributed by atoms with Gasteiger partial charge >= 0.3 is 6.09 Å². The first-order valence-corrected chi connectivity index (χ1v) is 8.81. The highest BCUT2D eigenvalue weighted by Gasteiger charge is 2.12. The first-order chi connectivity index (χ1) is 10.8. The van der Waals surface area contributed by atoms with Crippen LogP contribution in [0.1, 0.15) is 71.1 Å². The van der Waals surface area contributed by atoms with Gasteiger partial charge in [0.15, 0.2) is 0 Å². The molecule has 0 radical (unpaired) electrons. The molecule has 3 nitrogen and oxygen atoms in total. The van der Waals surface area contributed by atoms with Gasteiger partial charge in [0.1, 0.15) is 0 Å². The van der Waals surface area contributed by atoms with E-state index in [1.54, 1.807) is 0 Å². The molecule has 1 N–H and O–H groups in total. The molecule has 0 fully saturated rings. The Kier molecular flexibility index (Phi) is 10.2. The molecular weight excluding hydrogens is 274 g/mol. The zero-order valence-corrected chi connectivity index (χ0v) is 14.0. The molecule has 1 aromatic carbocycles. The van der Waals surface area contributed by atoms with E-state index in [2.05, 4.69) is 6.92 Å². The molecule has 124 valence electrons. The summed E-state index contributed by atoms with van der Waals surface area (Å²) in [5, 5.41) is 9.30. The van der Waals surface area contributed by atoms with Gasteiger partial charge in [-0.1, -0.05) is 82.9 Å².